The summed E-state index contributed by atoms with van der Waals surface area (Å²) in [6.07, 6.45) is 6.52. The van der Waals surface area contributed by atoms with E-state index in [0.29, 0.717) is 54.5 Å². The van der Waals surface area contributed by atoms with Gasteiger partial charge in [-0.15, -0.1) is 0 Å². The number of rotatable bonds is 12. The largest absolute Gasteiger partial charge is 0.489 e. The molecule has 11 heteroatoms. The Morgan fingerprint density at radius 1 is 1.10 bits per heavy atom. The van der Waals surface area contributed by atoms with Gasteiger partial charge in [0.1, 0.15) is 30.3 Å². The predicted octanol–water partition coefficient (Wildman–Crippen LogP) is 4.99. The lowest BCUT2D eigenvalue weighted by atomic mass is 10.1. The van der Waals surface area contributed by atoms with E-state index in [9.17, 15) is 9.18 Å². The van der Waals surface area contributed by atoms with Crippen molar-refractivity contribution in [3.05, 3.63) is 90.7 Å². The molecule has 2 aromatic heterocycles. The molecule has 5 rings (SSSR count). The Labute approximate surface area is 242 Å². The first-order valence-electron chi connectivity index (χ1n) is 13.4. The third-order valence-corrected chi connectivity index (χ3v) is 6.41. The standard InChI is InChI=1S/C31H32FN7O3/c1-38(2)11-5-8-30(40)37-27-17-26-25(16-29(27)42-13-12-41-3)31(34-20-33-26)36-24-9-10-28-22(15-24)18-35-39(28)19-21-6-4-7-23(32)14-21/h4-10,14-18,20H,11-13,19H2,1-3H3,(H,37,40)(H,33,34,36)/b8-5+. The summed E-state index contributed by atoms with van der Waals surface area (Å²) in [6.45, 7) is 1.79. The number of anilines is 3. The zero-order valence-corrected chi connectivity index (χ0v) is 23.7. The quantitative estimate of drug-likeness (QED) is 0.160. The predicted molar refractivity (Wildman–Crippen MR) is 162 cm³/mol. The summed E-state index contributed by atoms with van der Waals surface area (Å²) in [5.41, 5.74) is 3.68. The number of carbonyl (C=O) groups is 1. The van der Waals surface area contributed by atoms with Crippen LogP contribution in [-0.2, 0) is 16.1 Å². The highest BCUT2D eigenvalue weighted by atomic mass is 19.1. The van der Waals surface area contributed by atoms with Gasteiger partial charge in [-0.1, -0.05) is 18.2 Å². The third-order valence-electron chi connectivity index (χ3n) is 6.41. The first kappa shape index (κ1) is 28.7. The molecule has 0 atom stereocenters. The number of methoxy groups -OCH3 is 1. The molecule has 0 radical (unpaired) electrons. The topological polar surface area (TPSA) is 106 Å². The summed E-state index contributed by atoms with van der Waals surface area (Å²) in [5, 5.41) is 12.4. The van der Waals surface area contributed by atoms with Crippen molar-refractivity contribution in [2.24, 2.45) is 0 Å². The number of likely N-dealkylation sites (N-methyl/N-ethyl adjacent to an activating group) is 1. The number of hydrogen-bond acceptors (Lipinski definition) is 8. The summed E-state index contributed by atoms with van der Waals surface area (Å²) in [5.74, 6) is 0.505. The van der Waals surface area contributed by atoms with E-state index < -0.39 is 0 Å². The maximum atomic E-state index is 13.6. The number of hydrogen-bond donors (Lipinski definition) is 2. The zero-order chi connectivity index (χ0) is 29.5. The van der Waals surface area contributed by atoms with E-state index in [0.717, 1.165) is 22.2 Å². The molecule has 10 nitrogen and oxygen atoms in total. The van der Waals surface area contributed by atoms with Crippen molar-refractivity contribution in [3.8, 4) is 5.75 Å². The first-order chi connectivity index (χ1) is 20.4. The van der Waals surface area contributed by atoms with Crippen LogP contribution in [0.15, 0.2) is 79.3 Å². The van der Waals surface area contributed by atoms with Gasteiger partial charge in [0, 0.05) is 36.2 Å². The highest BCUT2D eigenvalue weighted by molar-refractivity contribution is 6.03. The van der Waals surface area contributed by atoms with Crippen molar-refractivity contribution in [1.29, 1.82) is 0 Å². The minimum Gasteiger partial charge on any atom is -0.489 e. The van der Waals surface area contributed by atoms with Gasteiger partial charge in [0.15, 0.2) is 0 Å². The maximum absolute atomic E-state index is 13.6. The second-order valence-electron chi connectivity index (χ2n) is 9.91. The molecule has 5 aromatic rings. The second-order valence-corrected chi connectivity index (χ2v) is 9.91. The fraction of sp³-hybridized carbons (Fsp3) is 0.226. The van der Waals surface area contributed by atoms with Crippen LogP contribution in [0.5, 0.6) is 5.75 Å². The molecular formula is C31H32FN7O3. The number of ether oxygens (including phenoxy) is 2. The van der Waals surface area contributed by atoms with Gasteiger partial charge in [-0.2, -0.15) is 5.10 Å². The van der Waals surface area contributed by atoms with Gasteiger partial charge in [0.05, 0.1) is 36.1 Å². The highest BCUT2D eigenvalue weighted by Crippen LogP contribution is 2.34. The summed E-state index contributed by atoms with van der Waals surface area (Å²) >= 11 is 0. The van der Waals surface area contributed by atoms with Crippen molar-refractivity contribution in [3.63, 3.8) is 0 Å². The summed E-state index contributed by atoms with van der Waals surface area (Å²) < 4.78 is 26.6. The van der Waals surface area contributed by atoms with Crippen molar-refractivity contribution < 1.29 is 18.7 Å². The Kier molecular flexibility index (Phi) is 9.00. The number of halogens is 1. The van der Waals surface area contributed by atoms with Crippen molar-refractivity contribution >= 4 is 44.9 Å². The van der Waals surface area contributed by atoms with Gasteiger partial charge < -0.3 is 25.0 Å². The van der Waals surface area contributed by atoms with E-state index >= 15 is 0 Å². The Morgan fingerprint density at radius 3 is 2.79 bits per heavy atom. The molecule has 0 aliphatic carbocycles. The van der Waals surface area contributed by atoms with Gasteiger partial charge in [-0.25, -0.2) is 14.4 Å². The van der Waals surface area contributed by atoms with E-state index in [-0.39, 0.29) is 11.7 Å². The van der Waals surface area contributed by atoms with Crippen LogP contribution < -0.4 is 15.4 Å². The third kappa shape index (κ3) is 7.06. The maximum Gasteiger partial charge on any atom is 0.248 e. The minimum absolute atomic E-state index is 0.272. The number of aromatic nitrogens is 4. The number of benzene rings is 3. The van der Waals surface area contributed by atoms with Gasteiger partial charge in [0.2, 0.25) is 5.91 Å². The van der Waals surface area contributed by atoms with Crippen LogP contribution in [0, 0.1) is 5.82 Å². The molecule has 0 aliphatic rings. The summed E-state index contributed by atoms with van der Waals surface area (Å²) in [6, 6.07) is 15.9. The average Bonchev–Trinajstić information content (AvgIpc) is 3.35. The second kappa shape index (κ2) is 13.2. The Morgan fingerprint density at radius 2 is 1.98 bits per heavy atom. The molecule has 1 amide bonds. The van der Waals surface area contributed by atoms with E-state index in [1.54, 1.807) is 31.5 Å². The lowest BCUT2D eigenvalue weighted by Crippen LogP contribution is -2.14. The average molecular weight is 570 g/mol. The van der Waals surface area contributed by atoms with Gasteiger partial charge in [-0.05, 0) is 62.1 Å². The van der Waals surface area contributed by atoms with Gasteiger partial charge >= 0.3 is 0 Å². The smallest absolute Gasteiger partial charge is 0.248 e. The molecule has 0 aliphatic heterocycles. The van der Waals surface area contributed by atoms with Gasteiger partial charge in [0.25, 0.3) is 0 Å². The summed E-state index contributed by atoms with van der Waals surface area (Å²) in [7, 11) is 5.46. The van der Waals surface area contributed by atoms with Crippen molar-refractivity contribution in [2.75, 3.05) is 51.6 Å². The highest BCUT2D eigenvalue weighted by Gasteiger charge is 2.14. The lowest BCUT2D eigenvalue weighted by Gasteiger charge is -2.15. The van der Waals surface area contributed by atoms with Crippen LogP contribution in [0.4, 0.5) is 21.6 Å². The van der Waals surface area contributed by atoms with Crippen molar-refractivity contribution in [1.82, 2.24) is 24.6 Å². The number of nitrogens with zero attached hydrogens (tertiary/aromatic N) is 5. The van der Waals surface area contributed by atoms with Crippen molar-refractivity contribution in [2.45, 2.75) is 6.54 Å². The molecule has 0 saturated carbocycles. The van der Waals surface area contributed by atoms with E-state index in [4.69, 9.17) is 9.47 Å². The number of amides is 1. The van der Waals surface area contributed by atoms with Crippen LogP contribution in [0.1, 0.15) is 5.56 Å². The monoisotopic (exact) mass is 569 g/mol. The van der Waals surface area contributed by atoms with Gasteiger partial charge in [-0.3, -0.25) is 9.48 Å². The first-order valence-corrected chi connectivity index (χ1v) is 13.4. The molecule has 2 heterocycles. The van der Waals surface area contributed by atoms with Crippen LogP contribution in [-0.4, -0.2) is 71.5 Å². The molecule has 0 saturated heterocycles. The van der Waals surface area contributed by atoms with E-state index in [1.807, 2.05) is 54.0 Å². The molecule has 0 fully saturated rings. The molecular weight excluding hydrogens is 537 g/mol. The Bertz CT molecular complexity index is 1740. The van der Waals surface area contributed by atoms with E-state index in [1.165, 1.54) is 24.5 Å². The number of carbonyl (C=O) groups excluding carboxylic acids is 1. The van der Waals surface area contributed by atoms with Crippen LogP contribution in [0.3, 0.4) is 0 Å². The molecule has 0 spiro atoms. The van der Waals surface area contributed by atoms with Crippen LogP contribution >= 0.6 is 0 Å². The molecule has 0 unspecified atom stereocenters. The summed E-state index contributed by atoms with van der Waals surface area (Å²) in [4.78, 5) is 23.4. The van der Waals surface area contributed by atoms with Crippen LogP contribution in [0.25, 0.3) is 21.8 Å². The SMILES string of the molecule is COCCOc1cc2c(Nc3ccc4c(cnn4Cc4cccc(F)c4)c3)ncnc2cc1NC(=O)/C=C/CN(C)C. The Balaban J connectivity index is 1.41. The molecule has 42 heavy (non-hydrogen) atoms. The fourth-order valence-corrected chi connectivity index (χ4v) is 4.42. The Hall–Kier alpha value is -4.87. The molecule has 2 N–H and O–H groups in total. The molecule has 0 bridgehead atoms. The molecule has 216 valence electrons. The number of nitrogens with one attached hydrogen (secondary N) is 2. The molecule has 3 aromatic carbocycles. The van der Waals surface area contributed by atoms with Crippen LogP contribution in [0.2, 0.25) is 0 Å². The van der Waals surface area contributed by atoms with E-state index in [2.05, 4.69) is 25.7 Å². The number of fused-ring (bicyclic) bond motifs is 2. The zero-order valence-electron chi connectivity index (χ0n) is 23.7. The fourth-order valence-electron chi connectivity index (χ4n) is 4.42. The minimum atomic E-state index is -0.272. The lowest BCUT2D eigenvalue weighted by molar-refractivity contribution is -0.111. The normalized spacial score (nSPS) is 11.5.